The number of fused-ring (bicyclic) bond motifs is 1. The molecule has 0 atom stereocenters. The predicted octanol–water partition coefficient (Wildman–Crippen LogP) is 8.88. The molecule has 0 aliphatic heterocycles. The summed E-state index contributed by atoms with van der Waals surface area (Å²) in [6.45, 7) is 6.07. The fourth-order valence-electron chi connectivity index (χ4n) is 7.85. The maximum Gasteiger partial charge on any atom is 0.335 e. The molecule has 1 saturated carbocycles. The molecule has 0 bridgehead atoms. The Kier molecular flexibility index (Phi) is 16.3. The molecule has 4 aromatic rings. The Morgan fingerprint density at radius 2 is 1.42 bits per heavy atom. The maximum absolute atomic E-state index is 14.0. The number of carboxylic acid groups (broad SMARTS) is 2. The van der Waals surface area contributed by atoms with E-state index in [-0.39, 0.29) is 60.6 Å². The van der Waals surface area contributed by atoms with Gasteiger partial charge in [-0.2, -0.15) is 0 Å². The number of carbonyl (C=O) groups excluding carboxylic acids is 3. The van der Waals surface area contributed by atoms with Gasteiger partial charge in [-0.15, -0.1) is 23.7 Å². The summed E-state index contributed by atoms with van der Waals surface area (Å²) in [7, 11) is 0. The highest BCUT2D eigenvalue weighted by Crippen LogP contribution is 2.39. The van der Waals surface area contributed by atoms with Crippen molar-refractivity contribution in [2.45, 2.75) is 110 Å². The van der Waals surface area contributed by atoms with Crippen molar-refractivity contribution in [3.8, 4) is 0 Å². The van der Waals surface area contributed by atoms with Crippen LogP contribution in [0, 0.1) is 0 Å². The Bertz CT molecular complexity index is 2090. The van der Waals surface area contributed by atoms with Gasteiger partial charge in [0.25, 0.3) is 11.8 Å². The van der Waals surface area contributed by atoms with Crippen LogP contribution < -0.4 is 10.6 Å². The SMILES string of the molecule is CCC(CC)N(CCN(C(=O)CCC(=O)O)C1CC1)Cc1cccc(C(=O)Nc2sc3c(c2C(=O)Nc2ccc(CCc4ccc(C(=O)O)cc4)cc2)CCCC3)c1.Cl. The molecule has 314 valence electrons. The highest BCUT2D eigenvalue weighted by Gasteiger charge is 2.33. The number of thiophene rings is 1. The van der Waals surface area contributed by atoms with Gasteiger partial charge in [-0.25, -0.2) is 4.79 Å². The molecule has 1 fully saturated rings. The number of benzene rings is 3. The molecule has 13 heteroatoms. The maximum atomic E-state index is 14.0. The average Bonchev–Trinajstić information content (AvgIpc) is 4.00. The van der Waals surface area contributed by atoms with Crippen LogP contribution in [0.3, 0.4) is 0 Å². The molecule has 1 heterocycles. The third-order valence-electron chi connectivity index (χ3n) is 11.3. The molecular weight excluding hydrogens is 788 g/mol. The number of rotatable bonds is 20. The van der Waals surface area contributed by atoms with Crippen molar-refractivity contribution >= 4 is 64.1 Å². The zero-order chi connectivity index (χ0) is 41.2. The van der Waals surface area contributed by atoms with E-state index < -0.39 is 11.9 Å². The van der Waals surface area contributed by atoms with Crippen LogP contribution in [0.25, 0.3) is 0 Å². The molecule has 0 unspecified atom stereocenters. The molecule has 3 aromatic carbocycles. The summed E-state index contributed by atoms with van der Waals surface area (Å²) < 4.78 is 0. The molecule has 11 nitrogen and oxygen atoms in total. The topological polar surface area (TPSA) is 156 Å². The average molecular weight is 843 g/mol. The summed E-state index contributed by atoms with van der Waals surface area (Å²) in [4.78, 5) is 68.5. The van der Waals surface area contributed by atoms with Crippen LogP contribution in [0.15, 0.2) is 72.8 Å². The first-order valence-corrected chi connectivity index (χ1v) is 21.4. The molecule has 1 aromatic heterocycles. The summed E-state index contributed by atoms with van der Waals surface area (Å²) in [5, 5.41) is 25.0. The Hall–Kier alpha value is -5.04. The lowest BCUT2D eigenvalue weighted by atomic mass is 9.95. The lowest BCUT2D eigenvalue weighted by Gasteiger charge is -2.33. The van der Waals surface area contributed by atoms with Gasteiger partial charge in [0.2, 0.25) is 5.91 Å². The summed E-state index contributed by atoms with van der Waals surface area (Å²) in [5.74, 6) is -2.55. The van der Waals surface area contributed by atoms with Gasteiger partial charge < -0.3 is 25.7 Å². The van der Waals surface area contributed by atoms with Crippen LogP contribution in [0.2, 0.25) is 0 Å². The van der Waals surface area contributed by atoms with Crippen molar-refractivity contribution in [3.63, 3.8) is 0 Å². The number of aliphatic carboxylic acids is 1. The number of nitrogens with zero attached hydrogens (tertiary/aromatic N) is 2. The first kappa shape index (κ1) is 45.1. The molecule has 4 N–H and O–H groups in total. The number of carboxylic acids is 2. The fraction of sp³-hybridized carbons (Fsp3) is 0.413. The second-order valence-electron chi connectivity index (χ2n) is 15.4. The van der Waals surface area contributed by atoms with E-state index in [1.165, 1.54) is 11.3 Å². The monoisotopic (exact) mass is 842 g/mol. The lowest BCUT2D eigenvalue weighted by Crippen LogP contribution is -2.43. The predicted molar refractivity (Wildman–Crippen MR) is 234 cm³/mol. The minimum Gasteiger partial charge on any atom is -0.481 e. The molecule has 0 radical (unpaired) electrons. The Labute approximate surface area is 356 Å². The number of hydrogen-bond donors (Lipinski definition) is 4. The summed E-state index contributed by atoms with van der Waals surface area (Å²) in [6.07, 6.45) is 8.78. The van der Waals surface area contributed by atoms with Crippen molar-refractivity contribution in [1.29, 1.82) is 0 Å². The standard InChI is InChI=1S/C46H54N4O7S.ClH/c1-3-36(4-2)49(26-27-50(37-22-23-37)40(51)24-25-41(52)53)29-32-8-7-9-34(28-32)43(54)48-45-42(38-10-5-6-11-39(38)58-45)44(55)47-35-20-16-31(17-21-35)13-12-30-14-18-33(19-15-30)46(56)57;/h7-9,14-21,28,36-37H,3-6,10-13,22-27,29H2,1-2H3,(H,47,55)(H,48,54)(H,52,53)(H,56,57);1H. The van der Waals surface area contributed by atoms with Gasteiger partial charge >= 0.3 is 11.9 Å². The van der Waals surface area contributed by atoms with Crippen LogP contribution in [0.5, 0.6) is 0 Å². The number of aromatic carboxylic acids is 1. The van der Waals surface area contributed by atoms with Crippen LogP contribution in [-0.4, -0.2) is 74.8 Å². The normalized spacial score (nSPS) is 13.4. The fourth-order valence-corrected chi connectivity index (χ4v) is 9.13. The summed E-state index contributed by atoms with van der Waals surface area (Å²) >= 11 is 1.48. The molecule has 3 amide bonds. The van der Waals surface area contributed by atoms with Crippen molar-refractivity contribution in [1.82, 2.24) is 9.80 Å². The third-order valence-corrected chi connectivity index (χ3v) is 12.5. The van der Waals surface area contributed by atoms with Gasteiger partial charge in [-0.3, -0.25) is 24.1 Å². The molecule has 2 aliphatic carbocycles. The third kappa shape index (κ3) is 12.2. The van der Waals surface area contributed by atoms with E-state index in [1.807, 2.05) is 59.5 Å². The van der Waals surface area contributed by atoms with Crippen molar-refractivity contribution in [3.05, 3.63) is 117 Å². The van der Waals surface area contributed by atoms with Gasteiger partial charge in [0.1, 0.15) is 5.00 Å². The highest BCUT2D eigenvalue weighted by atomic mass is 35.5. The van der Waals surface area contributed by atoms with E-state index in [4.69, 9.17) is 10.2 Å². The van der Waals surface area contributed by atoms with Crippen LogP contribution in [0.1, 0.15) is 123 Å². The second kappa shape index (κ2) is 21.3. The van der Waals surface area contributed by atoms with Crippen LogP contribution in [-0.2, 0) is 41.8 Å². The number of halogens is 1. The second-order valence-corrected chi connectivity index (χ2v) is 16.5. The van der Waals surface area contributed by atoms with E-state index in [0.717, 1.165) is 91.3 Å². The van der Waals surface area contributed by atoms with Gasteiger partial charge in [-0.1, -0.05) is 50.2 Å². The van der Waals surface area contributed by atoms with Gasteiger partial charge in [0, 0.05) is 54.3 Å². The van der Waals surface area contributed by atoms with Gasteiger partial charge in [0.05, 0.1) is 17.5 Å². The van der Waals surface area contributed by atoms with Crippen molar-refractivity contribution in [2.75, 3.05) is 23.7 Å². The molecule has 59 heavy (non-hydrogen) atoms. The van der Waals surface area contributed by atoms with E-state index in [0.29, 0.717) is 41.4 Å². The minimum absolute atomic E-state index is 0. The molecule has 0 saturated heterocycles. The number of anilines is 2. The largest absolute Gasteiger partial charge is 0.481 e. The zero-order valence-corrected chi connectivity index (χ0v) is 35.5. The first-order chi connectivity index (χ1) is 28.0. The van der Waals surface area contributed by atoms with Gasteiger partial charge in [-0.05, 0) is 123 Å². The van der Waals surface area contributed by atoms with Gasteiger partial charge in [0.15, 0.2) is 0 Å². The Morgan fingerprint density at radius 1 is 0.763 bits per heavy atom. The van der Waals surface area contributed by atoms with Crippen LogP contribution >= 0.6 is 23.7 Å². The number of aryl methyl sites for hydroxylation is 3. The molecule has 2 aliphatic rings. The van der Waals surface area contributed by atoms with E-state index in [2.05, 4.69) is 29.4 Å². The molecular formula is C46H55ClN4O7S. The number of hydrogen-bond acceptors (Lipinski definition) is 7. The Morgan fingerprint density at radius 3 is 2.05 bits per heavy atom. The smallest absolute Gasteiger partial charge is 0.335 e. The number of carbonyl (C=O) groups is 5. The Balaban J connectivity index is 0.00000661. The quantitative estimate of drug-likeness (QED) is 0.0688. The number of nitrogens with one attached hydrogen (secondary N) is 2. The van der Waals surface area contributed by atoms with E-state index in [9.17, 15) is 24.0 Å². The summed E-state index contributed by atoms with van der Waals surface area (Å²) in [5.41, 5.74) is 6.06. The van der Waals surface area contributed by atoms with Crippen LogP contribution in [0.4, 0.5) is 10.7 Å². The molecule has 0 spiro atoms. The summed E-state index contributed by atoms with van der Waals surface area (Å²) in [6, 6.07) is 22.7. The minimum atomic E-state index is -0.968. The molecule has 6 rings (SSSR count). The highest BCUT2D eigenvalue weighted by molar-refractivity contribution is 7.17. The van der Waals surface area contributed by atoms with E-state index >= 15 is 0 Å². The zero-order valence-electron chi connectivity index (χ0n) is 33.8. The lowest BCUT2D eigenvalue weighted by molar-refractivity contribution is -0.141. The van der Waals surface area contributed by atoms with E-state index in [1.54, 1.807) is 18.2 Å². The van der Waals surface area contributed by atoms with Crippen molar-refractivity contribution in [2.24, 2.45) is 0 Å². The first-order valence-electron chi connectivity index (χ1n) is 20.6. The van der Waals surface area contributed by atoms with Crippen molar-refractivity contribution < 1.29 is 34.2 Å². The number of amides is 3.